The fourth-order valence-corrected chi connectivity index (χ4v) is 3.12. The molecular formula is C17H15ClN4O2. The van der Waals surface area contributed by atoms with E-state index in [0.717, 1.165) is 11.1 Å². The topological polar surface area (TPSA) is 71.2 Å². The summed E-state index contributed by atoms with van der Waals surface area (Å²) in [5, 5.41) is 10.8. The summed E-state index contributed by atoms with van der Waals surface area (Å²) in [6.07, 6.45) is -0.383. The largest absolute Gasteiger partial charge is 0.389 e. The van der Waals surface area contributed by atoms with Crippen LogP contribution in [0.15, 0.2) is 41.2 Å². The van der Waals surface area contributed by atoms with Gasteiger partial charge in [-0.1, -0.05) is 23.7 Å². The molecule has 1 aliphatic heterocycles. The number of pyridine rings is 1. The lowest BCUT2D eigenvalue weighted by molar-refractivity contribution is 0.141. The molecule has 4 rings (SSSR count). The molecule has 0 aliphatic carbocycles. The molecule has 1 aromatic carbocycles. The molecule has 0 radical (unpaired) electrons. The van der Waals surface area contributed by atoms with E-state index in [1.807, 2.05) is 30.0 Å². The predicted molar refractivity (Wildman–Crippen MR) is 93.1 cm³/mol. The zero-order valence-electron chi connectivity index (χ0n) is 13.0. The SMILES string of the molecule is Cc1ccc2c(N3CC(O)C3)nc(=O)n(-c3ccccc3Cl)c2n1. The minimum atomic E-state index is -0.440. The normalized spacial score (nSPS) is 14.9. The number of rotatable bonds is 2. The first kappa shape index (κ1) is 15.1. The number of anilines is 1. The van der Waals surface area contributed by atoms with Crippen molar-refractivity contribution in [3.05, 3.63) is 57.6 Å². The maximum atomic E-state index is 12.7. The lowest BCUT2D eigenvalue weighted by atomic mass is 10.1. The molecule has 6 nitrogen and oxygen atoms in total. The minimum absolute atomic E-state index is 0.383. The van der Waals surface area contributed by atoms with Crippen LogP contribution in [0.25, 0.3) is 16.7 Å². The molecule has 0 bridgehead atoms. The van der Waals surface area contributed by atoms with E-state index in [4.69, 9.17) is 11.6 Å². The molecule has 0 saturated carbocycles. The van der Waals surface area contributed by atoms with Crippen LogP contribution in [0.5, 0.6) is 0 Å². The van der Waals surface area contributed by atoms with Gasteiger partial charge in [0.05, 0.1) is 22.2 Å². The highest BCUT2D eigenvalue weighted by Crippen LogP contribution is 2.28. The van der Waals surface area contributed by atoms with Crippen molar-refractivity contribution < 1.29 is 5.11 Å². The predicted octanol–water partition coefficient (Wildman–Crippen LogP) is 1.92. The van der Waals surface area contributed by atoms with Crippen LogP contribution in [-0.4, -0.2) is 38.8 Å². The third kappa shape index (κ3) is 2.35. The van der Waals surface area contributed by atoms with Gasteiger partial charge < -0.3 is 10.0 Å². The number of para-hydroxylation sites is 1. The number of nitrogens with zero attached hydrogens (tertiary/aromatic N) is 4. The Morgan fingerprint density at radius 2 is 1.92 bits per heavy atom. The highest BCUT2D eigenvalue weighted by atomic mass is 35.5. The van der Waals surface area contributed by atoms with Gasteiger partial charge in [0.25, 0.3) is 0 Å². The van der Waals surface area contributed by atoms with E-state index in [0.29, 0.717) is 35.3 Å². The minimum Gasteiger partial charge on any atom is -0.389 e. The van der Waals surface area contributed by atoms with Gasteiger partial charge in [-0.05, 0) is 31.2 Å². The molecule has 2 aromatic heterocycles. The fraction of sp³-hybridized carbons (Fsp3) is 0.235. The first-order valence-electron chi connectivity index (χ1n) is 7.63. The highest BCUT2D eigenvalue weighted by molar-refractivity contribution is 6.32. The number of benzene rings is 1. The first-order chi connectivity index (χ1) is 11.5. The maximum absolute atomic E-state index is 12.7. The fourth-order valence-electron chi connectivity index (χ4n) is 2.90. The molecule has 3 aromatic rings. The van der Waals surface area contributed by atoms with E-state index in [2.05, 4.69) is 9.97 Å². The maximum Gasteiger partial charge on any atom is 0.355 e. The summed E-state index contributed by atoms with van der Waals surface area (Å²) >= 11 is 6.27. The van der Waals surface area contributed by atoms with Gasteiger partial charge in [-0.15, -0.1) is 0 Å². The van der Waals surface area contributed by atoms with Gasteiger partial charge in [0.1, 0.15) is 5.82 Å². The molecule has 1 N–H and O–H groups in total. The van der Waals surface area contributed by atoms with Crippen LogP contribution in [0.3, 0.4) is 0 Å². The average Bonchev–Trinajstić information content (AvgIpc) is 2.52. The van der Waals surface area contributed by atoms with E-state index in [-0.39, 0.29) is 6.10 Å². The van der Waals surface area contributed by atoms with Crippen LogP contribution in [0.1, 0.15) is 5.69 Å². The summed E-state index contributed by atoms with van der Waals surface area (Å²) in [6, 6.07) is 10.9. The van der Waals surface area contributed by atoms with Crippen molar-refractivity contribution in [2.75, 3.05) is 18.0 Å². The molecule has 0 spiro atoms. The number of halogens is 1. The smallest absolute Gasteiger partial charge is 0.355 e. The molecule has 1 aliphatic rings. The van der Waals surface area contributed by atoms with Crippen LogP contribution in [0.4, 0.5) is 5.82 Å². The standard InChI is InChI=1S/C17H15ClN4O2/c1-10-6-7-12-15(21-8-11(23)9-21)20-17(24)22(16(12)19-10)14-5-3-2-4-13(14)18/h2-7,11,23H,8-9H2,1H3. The Kier molecular flexibility index (Phi) is 3.51. The first-order valence-corrected chi connectivity index (χ1v) is 8.01. The van der Waals surface area contributed by atoms with Crippen molar-refractivity contribution in [1.29, 1.82) is 0 Å². The van der Waals surface area contributed by atoms with Crippen molar-refractivity contribution in [2.24, 2.45) is 0 Å². The molecule has 24 heavy (non-hydrogen) atoms. The lowest BCUT2D eigenvalue weighted by Gasteiger charge is -2.37. The molecule has 7 heteroatoms. The number of hydrogen-bond donors (Lipinski definition) is 1. The zero-order chi connectivity index (χ0) is 16.8. The second-order valence-electron chi connectivity index (χ2n) is 5.89. The Balaban J connectivity index is 2.03. The van der Waals surface area contributed by atoms with Crippen LogP contribution < -0.4 is 10.6 Å². The Morgan fingerprint density at radius 3 is 2.62 bits per heavy atom. The van der Waals surface area contributed by atoms with Crippen molar-refractivity contribution in [3.63, 3.8) is 0 Å². The summed E-state index contributed by atoms with van der Waals surface area (Å²) < 4.78 is 1.43. The molecule has 122 valence electrons. The van der Waals surface area contributed by atoms with Crippen molar-refractivity contribution in [2.45, 2.75) is 13.0 Å². The number of aliphatic hydroxyl groups is 1. The van der Waals surface area contributed by atoms with Crippen molar-refractivity contribution in [1.82, 2.24) is 14.5 Å². The van der Waals surface area contributed by atoms with Crippen LogP contribution >= 0.6 is 11.6 Å². The molecule has 0 amide bonds. The van der Waals surface area contributed by atoms with Crippen LogP contribution in [0.2, 0.25) is 5.02 Å². The second-order valence-corrected chi connectivity index (χ2v) is 6.29. The lowest BCUT2D eigenvalue weighted by Crippen LogP contribution is -2.51. The van der Waals surface area contributed by atoms with Gasteiger partial charge >= 0.3 is 5.69 Å². The van der Waals surface area contributed by atoms with Gasteiger partial charge in [-0.25, -0.2) is 14.3 Å². The monoisotopic (exact) mass is 342 g/mol. The summed E-state index contributed by atoms with van der Waals surface area (Å²) in [4.78, 5) is 23.4. The van der Waals surface area contributed by atoms with Crippen molar-refractivity contribution >= 4 is 28.5 Å². The number of hydrogen-bond acceptors (Lipinski definition) is 5. The van der Waals surface area contributed by atoms with Gasteiger partial charge in [-0.2, -0.15) is 4.98 Å². The van der Waals surface area contributed by atoms with E-state index in [1.54, 1.807) is 18.2 Å². The second kappa shape index (κ2) is 5.58. The Labute approximate surface area is 143 Å². The van der Waals surface area contributed by atoms with E-state index in [1.165, 1.54) is 4.57 Å². The Hall–Kier alpha value is -2.44. The zero-order valence-corrected chi connectivity index (χ0v) is 13.7. The number of β-amino-alcohol motifs (C(OH)–C–C–N with tert-alkyl or cyclic N) is 1. The number of aryl methyl sites for hydroxylation is 1. The van der Waals surface area contributed by atoms with Crippen LogP contribution in [0, 0.1) is 6.92 Å². The number of fused-ring (bicyclic) bond motifs is 1. The van der Waals surface area contributed by atoms with E-state index < -0.39 is 5.69 Å². The third-order valence-electron chi connectivity index (χ3n) is 4.12. The van der Waals surface area contributed by atoms with Gasteiger partial charge in [0, 0.05) is 18.8 Å². The summed E-state index contributed by atoms with van der Waals surface area (Å²) in [6.45, 7) is 2.80. The summed E-state index contributed by atoms with van der Waals surface area (Å²) in [7, 11) is 0. The highest BCUT2D eigenvalue weighted by Gasteiger charge is 2.28. The summed E-state index contributed by atoms with van der Waals surface area (Å²) in [5.41, 5.74) is 1.42. The van der Waals surface area contributed by atoms with E-state index in [9.17, 15) is 9.90 Å². The van der Waals surface area contributed by atoms with Gasteiger partial charge in [0.2, 0.25) is 0 Å². The Bertz CT molecular complexity index is 996. The molecule has 0 atom stereocenters. The third-order valence-corrected chi connectivity index (χ3v) is 4.43. The Morgan fingerprint density at radius 1 is 1.17 bits per heavy atom. The van der Waals surface area contributed by atoms with Gasteiger partial charge in [-0.3, -0.25) is 0 Å². The van der Waals surface area contributed by atoms with Crippen LogP contribution in [-0.2, 0) is 0 Å². The molecule has 0 unspecified atom stereocenters. The number of aromatic nitrogens is 3. The molecule has 1 fully saturated rings. The quantitative estimate of drug-likeness (QED) is 0.770. The van der Waals surface area contributed by atoms with Gasteiger partial charge in [0.15, 0.2) is 5.65 Å². The van der Waals surface area contributed by atoms with Crippen molar-refractivity contribution in [3.8, 4) is 5.69 Å². The van der Waals surface area contributed by atoms with E-state index >= 15 is 0 Å². The molecule has 1 saturated heterocycles. The number of aliphatic hydroxyl groups excluding tert-OH is 1. The molecular weight excluding hydrogens is 328 g/mol. The molecule has 3 heterocycles. The summed E-state index contributed by atoms with van der Waals surface area (Å²) in [5.74, 6) is 0.552. The average molecular weight is 343 g/mol.